The first kappa shape index (κ1) is 18.4. The van der Waals surface area contributed by atoms with Gasteiger partial charge in [-0.1, -0.05) is 12.1 Å². The molecule has 0 saturated carbocycles. The van der Waals surface area contributed by atoms with E-state index in [1.807, 2.05) is 0 Å². The number of aromatic nitrogens is 2. The van der Waals surface area contributed by atoms with Crippen molar-refractivity contribution in [2.75, 3.05) is 18.0 Å². The summed E-state index contributed by atoms with van der Waals surface area (Å²) in [4.78, 5) is 10.1. The first-order valence-electron chi connectivity index (χ1n) is 8.66. The molecule has 0 spiro atoms. The molecule has 1 aliphatic heterocycles. The summed E-state index contributed by atoms with van der Waals surface area (Å²) in [7, 11) is 0. The van der Waals surface area contributed by atoms with Gasteiger partial charge in [-0.15, -0.1) is 0 Å². The molecular formula is C20H16F4N4. The Morgan fingerprint density at radius 2 is 1.61 bits per heavy atom. The lowest BCUT2D eigenvalue weighted by molar-refractivity contribution is 0.482. The Labute approximate surface area is 158 Å². The third-order valence-electron chi connectivity index (χ3n) is 4.93. The lowest BCUT2D eigenvalue weighted by atomic mass is 9.94. The Kier molecular flexibility index (Phi) is 4.72. The fraction of sp³-hybridized carbons (Fsp3) is 0.200. The summed E-state index contributed by atoms with van der Waals surface area (Å²) in [6, 6.07) is 8.72. The monoisotopic (exact) mass is 388 g/mol. The van der Waals surface area contributed by atoms with Crippen molar-refractivity contribution in [1.29, 1.82) is 0 Å². The average molecular weight is 388 g/mol. The normalized spacial score (nSPS) is 19.2. The Hall–Kier alpha value is -3.00. The second-order valence-corrected chi connectivity index (χ2v) is 6.70. The summed E-state index contributed by atoms with van der Waals surface area (Å²) in [6.45, 7) is 0.591. The number of benzene rings is 2. The lowest BCUT2D eigenvalue weighted by Gasteiger charge is -2.18. The Balaban J connectivity index is 1.63. The van der Waals surface area contributed by atoms with Crippen LogP contribution in [0, 0.1) is 23.3 Å². The molecule has 1 aromatic heterocycles. The molecule has 0 bridgehead atoms. The van der Waals surface area contributed by atoms with E-state index in [0.29, 0.717) is 29.7 Å². The molecule has 0 radical (unpaired) electrons. The first-order valence-corrected chi connectivity index (χ1v) is 8.66. The molecule has 4 nitrogen and oxygen atoms in total. The van der Waals surface area contributed by atoms with E-state index in [9.17, 15) is 17.6 Å². The van der Waals surface area contributed by atoms with E-state index in [4.69, 9.17) is 5.73 Å². The number of rotatable bonds is 3. The number of anilines is 1. The van der Waals surface area contributed by atoms with Crippen LogP contribution in [-0.4, -0.2) is 29.1 Å². The van der Waals surface area contributed by atoms with Crippen LogP contribution in [0.2, 0.25) is 0 Å². The summed E-state index contributed by atoms with van der Waals surface area (Å²) in [5.41, 5.74) is 6.90. The van der Waals surface area contributed by atoms with Crippen LogP contribution >= 0.6 is 0 Å². The highest BCUT2D eigenvalue weighted by atomic mass is 19.2. The van der Waals surface area contributed by atoms with Crippen LogP contribution < -0.4 is 10.6 Å². The molecule has 2 N–H and O–H groups in total. The second-order valence-electron chi connectivity index (χ2n) is 6.70. The maximum Gasteiger partial charge on any atom is 0.161 e. The van der Waals surface area contributed by atoms with Gasteiger partial charge in [0.05, 0.1) is 5.69 Å². The third kappa shape index (κ3) is 3.31. The Morgan fingerprint density at radius 3 is 2.39 bits per heavy atom. The van der Waals surface area contributed by atoms with E-state index in [1.165, 1.54) is 12.4 Å². The van der Waals surface area contributed by atoms with Gasteiger partial charge >= 0.3 is 0 Å². The molecular weight excluding hydrogens is 372 g/mol. The fourth-order valence-electron chi connectivity index (χ4n) is 3.50. The van der Waals surface area contributed by atoms with E-state index in [-0.39, 0.29) is 12.1 Å². The second kappa shape index (κ2) is 7.20. The quantitative estimate of drug-likeness (QED) is 0.550. The van der Waals surface area contributed by atoms with Crippen molar-refractivity contribution < 1.29 is 17.6 Å². The van der Waals surface area contributed by atoms with Crippen LogP contribution in [0.3, 0.4) is 0 Å². The summed E-state index contributed by atoms with van der Waals surface area (Å²) in [6.07, 6.45) is 1.31. The summed E-state index contributed by atoms with van der Waals surface area (Å²) in [5, 5.41) is 0. The molecule has 1 fully saturated rings. The summed E-state index contributed by atoms with van der Waals surface area (Å²) >= 11 is 0. The summed E-state index contributed by atoms with van der Waals surface area (Å²) in [5.74, 6) is -3.65. The van der Waals surface area contributed by atoms with Gasteiger partial charge in [-0.3, -0.25) is 0 Å². The predicted molar refractivity (Wildman–Crippen MR) is 96.7 cm³/mol. The van der Waals surface area contributed by atoms with Crippen LogP contribution in [0.4, 0.5) is 23.4 Å². The maximum absolute atomic E-state index is 14.2. The van der Waals surface area contributed by atoms with Crippen LogP contribution in [0.15, 0.2) is 48.8 Å². The van der Waals surface area contributed by atoms with Crippen molar-refractivity contribution in [3.05, 3.63) is 77.6 Å². The van der Waals surface area contributed by atoms with Crippen molar-refractivity contribution in [3.8, 4) is 11.3 Å². The van der Waals surface area contributed by atoms with Crippen molar-refractivity contribution in [2.24, 2.45) is 5.73 Å². The van der Waals surface area contributed by atoms with Gasteiger partial charge in [0.25, 0.3) is 0 Å². The Bertz CT molecular complexity index is 1030. The first-order chi connectivity index (χ1) is 13.4. The average Bonchev–Trinajstić information content (AvgIpc) is 3.07. The number of hydrogen-bond donors (Lipinski definition) is 1. The zero-order valence-corrected chi connectivity index (χ0v) is 14.6. The van der Waals surface area contributed by atoms with E-state index in [2.05, 4.69) is 9.97 Å². The molecule has 8 heteroatoms. The van der Waals surface area contributed by atoms with Gasteiger partial charge in [0.2, 0.25) is 0 Å². The van der Waals surface area contributed by atoms with Gasteiger partial charge in [-0.25, -0.2) is 27.5 Å². The van der Waals surface area contributed by atoms with Crippen LogP contribution in [0.25, 0.3) is 11.3 Å². The van der Waals surface area contributed by atoms with Gasteiger partial charge in [0.15, 0.2) is 11.6 Å². The van der Waals surface area contributed by atoms with Crippen molar-refractivity contribution in [1.82, 2.24) is 9.97 Å². The van der Waals surface area contributed by atoms with E-state index in [0.717, 1.165) is 6.07 Å². The molecule has 1 saturated heterocycles. The lowest BCUT2D eigenvalue weighted by Crippen LogP contribution is -2.29. The fourth-order valence-corrected chi connectivity index (χ4v) is 3.50. The van der Waals surface area contributed by atoms with E-state index < -0.39 is 35.2 Å². The Morgan fingerprint density at radius 1 is 0.857 bits per heavy atom. The minimum Gasteiger partial charge on any atom is -0.354 e. The predicted octanol–water partition coefficient (Wildman–Crippen LogP) is 3.63. The molecule has 144 valence electrons. The van der Waals surface area contributed by atoms with Crippen molar-refractivity contribution >= 4 is 5.82 Å². The number of nitrogens with two attached hydrogens (primary N) is 1. The van der Waals surface area contributed by atoms with E-state index in [1.54, 1.807) is 29.2 Å². The zero-order valence-electron chi connectivity index (χ0n) is 14.6. The molecule has 2 atom stereocenters. The number of nitrogens with zero attached hydrogens (tertiary/aromatic N) is 3. The maximum atomic E-state index is 14.2. The van der Waals surface area contributed by atoms with Crippen LogP contribution in [-0.2, 0) is 0 Å². The van der Waals surface area contributed by atoms with Gasteiger partial charge in [0.1, 0.15) is 23.8 Å². The molecule has 4 rings (SSSR count). The molecule has 2 aromatic carbocycles. The molecule has 0 aliphatic carbocycles. The van der Waals surface area contributed by atoms with Gasteiger partial charge < -0.3 is 10.6 Å². The molecule has 1 aliphatic rings. The minimum atomic E-state index is -1.24. The molecule has 2 heterocycles. The van der Waals surface area contributed by atoms with Crippen molar-refractivity contribution in [3.63, 3.8) is 0 Å². The van der Waals surface area contributed by atoms with Crippen LogP contribution in [0.5, 0.6) is 0 Å². The largest absolute Gasteiger partial charge is 0.354 e. The number of halogens is 4. The van der Waals surface area contributed by atoms with Gasteiger partial charge in [0, 0.05) is 42.7 Å². The SMILES string of the molecule is N[C@H]1CN(c2cc(-c3ccccc3F)ncn2)C[C@@H]1c1cc(F)c(F)cc1F. The topological polar surface area (TPSA) is 55.0 Å². The molecule has 28 heavy (non-hydrogen) atoms. The molecule has 0 amide bonds. The minimum absolute atomic E-state index is 0.0253. The highest BCUT2D eigenvalue weighted by molar-refractivity contribution is 5.63. The smallest absolute Gasteiger partial charge is 0.161 e. The van der Waals surface area contributed by atoms with Gasteiger partial charge in [-0.05, 0) is 23.8 Å². The van der Waals surface area contributed by atoms with E-state index >= 15 is 0 Å². The summed E-state index contributed by atoms with van der Waals surface area (Å²) < 4.78 is 55.0. The molecule has 0 unspecified atom stereocenters. The van der Waals surface area contributed by atoms with Crippen LogP contribution in [0.1, 0.15) is 11.5 Å². The standard InChI is InChI=1S/C20H16F4N4/c21-14-4-2-1-3-11(14)19-7-20(27-10-26-19)28-8-13(18(25)9-28)12-5-16(23)17(24)6-15(12)22/h1-7,10,13,18H,8-9,25H2/t13-,18+/m1/s1. The zero-order chi connectivity index (χ0) is 19.8. The highest BCUT2D eigenvalue weighted by Crippen LogP contribution is 2.33. The molecule has 3 aromatic rings. The van der Waals surface area contributed by atoms with Gasteiger partial charge in [-0.2, -0.15) is 0 Å². The third-order valence-corrected chi connectivity index (χ3v) is 4.93. The highest BCUT2D eigenvalue weighted by Gasteiger charge is 2.34. The number of hydrogen-bond acceptors (Lipinski definition) is 4. The van der Waals surface area contributed by atoms with Crippen molar-refractivity contribution in [2.45, 2.75) is 12.0 Å².